The van der Waals surface area contributed by atoms with Crippen molar-refractivity contribution in [2.45, 2.75) is 13.2 Å². The molecule has 4 aromatic rings. The van der Waals surface area contributed by atoms with Crippen molar-refractivity contribution in [2.75, 3.05) is 7.11 Å². The Morgan fingerprint density at radius 1 is 0.865 bits per heavy atom. The average Bonchev–Trinajstić information content (AvgIpc) is 2.92. The lowest BCUT2D eigenvalue weighted by molar-refractivity contribution is 0.0954. The Hall–Kier alpha value is -4.36. The lowest BCUT2D eigenvalue weighted by atomic mass is 10.2. The van der Waals surface area contributed by atoms with Gasteiger partial charge in [-0.1, -0.05) is 54.1 Å². The van der Waals surface area contributed by atoms with Gasteiger partial charge in [0, 0.05) is 16.1 Å². The molecule has 1 N–H and O–H groups in total. The van der Waals surface area contributed by atoms with Gasteiger partial charge in [-0.05, 0) is 59.7 Å². The quantitative estimate of drug-likeness (QED) is 0.194. The minimum atomic E-state index is -0.431. The number of methoxy groups -OCH3 is 1. The average molecular weight is 519 g/mol. The first kappa shape index (κ1) is 25.7. The maximum Gasteiger partial charge on any atom is 0.271 e. The maximum absolute atomic E-state index is 13.1. The first-order valence-electron chi connectivity index (χ1n) is 11.4. The number of halogens is 2. The van der Waals surface area contributed by atoms with Crippen molar-refractivity contribution < 1.29 is 23.4 Å². The third-order valence-corrected chi connectivity index (χ3v) is 5.55. The molecule has 0 aromatic heterocycles. The Morgan fingerprint density at radius 2 is 1.54 bits per heavy atom. The number of nitrogens with one attached hydrogen (secondary N) is 1. The Kier molecular flexibility index (Phi) is 8.73. The summed E-state index contributed by atoms with van der Waals surface area (Å²) in [6.45, 7) is 0.603. The second-order valence-corrected chi connectivity index (χ2v) is 8.37. The molecule has 0 bridgehead atoms. The summed E-state index contributed by atoms with van der Waals surface area (Å²) in [5.74, 6) is 0.714. The van der Waals surface area contributed by atoms with Crippen molar-refractivity contribution in [3.05, 3.63) is 124 Å². The molecule has 0 aliphatic carbocycles. The summed E-state index contributed by atoms with van der Waals surface area (Å²) in [6, 6.07) is 25.7. The SMILES string of the molecule is COc1cc(C(=O)N/N=C/c2cc(Cl)ccc2OCc2ccc(F)cc2)ccc1OCc1ccccc1. The van der Waals surface area contributed by atoms with Crippen LogP contribution in [0, 0.1) is 5.82 Å². The molecule has 0 aliphatic heterocycles. The molecular weight excluding hydrogens is 495 g/mol. The Bertz CT molecular complexity index is 1380. The van der Waals surface area contributed by atoms with E-state index in [4.69, 9.17) is 25.8 Å². The second kappa shape index (κ2) is 12.6. The summed E-state index contributed by atoms with van der Waals surface area (Å²) < 4.78 is 30.2. The van der Waals surface area contributed by atoms with Crippen LogP contribution in [0.25, 0.3) is 0 Å². The summed E-state index contributed by atoms with van der Waals surface area (Å²) in [5.41, 5.74) is 5.23. The highest BCUT2D eigenvalue weighted by molar-refractivity contribution is 6.30. The lowest BCUT2D eigenvalue weighted by Gasteiger charge is -2.12. The molecule has 1 amide bonds. The maximum atomic E-state index is 13.1. The van der Waals surface area contributed by atoms with E-state index in [1.54, 1.807) is 48.5 Å². The number of carbonyl (C=O) groups excluding carboxylic acids is 1. The van der Waals surface area contributed by atoms with Gasteiger partial charge in [-0.25, -0.2) is 9.82 Å². The number of benzene rings is 4. The fraction of sp³-hybridized carbons (Fsp3) is 0.103. The number of hydrogen-bond donors (Lipinski definition) is 1. The highest BCUT2D eigenvalue weighted by Gasteiger charge is 2.11. The van der Waals surface area contributed by atoms with Crippen LogP contribution >= 0.6 is 11.6 Å². The zero-order chi connectivity index (χ0) is 26.0. The molecule has 0 fully saturated rings. The third-order valence-electron chi connectivity index (χ3n) is 5.31. The van der Waals surface area contributed by atoms with E-state index < -0.39 is 5.91 Å². The zero-order valence-electron chi connectivity index (χ0n) is 20.0. The van der Waals surface area contributed by atoms with E-state index >= 15 is 0 Å². The molecule has 0 aliphatic rings. The van der Waals surface area contributed by atoms with Crippen molar-refractivity contribution in [1.29, 1.82) is 0 Å². The van der Waals surface area contributed by atoms with Crippen molar-refractivity contribution in [3.8, 4) is 17.2 Å². The van der Waals surface area contributed by atoms with Crippen LogP contribution in [0.2, 0.25) is 5.02 Å². The van der Waals surface area contributed by atoms with E-state index in [-0.39, 0.29) is 12.4 Å². The van der Waals surface area contributed by atoms with E-state index in [1.165, 1.54) is 25.5 Å². The molecular formula is C29H24ClFN2O4. The van der Waals surface area contributed by atoms with Crippen molar-refractivity contribution in [1.82, 2.24) is 5.43 Å². The van der Waals surface area contributed by atoms with Gasteiger partial charge in [0.15, 0.2) is 11.5 Å². The monoisotopic (exact) mass is 518 g/mol. The summed E-state index contributed by atoms with van der Waals surface area (Å²) in [4.78, 5) is 12.7. The van der Waals surface area contributed by atoms with Gasteiger partial charge < -0.3 is 14.2 Å². The highest BCUT2D eigenvalue weighted by Crippen LogP contribution is 2.29. The smallest absolute Gasteiger partial charge is 0.271 e. The fourth-order valence-corrected chi connectivity index (χ4v) is 3.56. The molecule has 188 valence electrons. The highest BCUT2D eigenvalue weighted by atomic mass is 35.5. The summed E-state index contributed by atoms with van der Waals surface area (Å²) in [5, 5.41) is 4.54. The van der Waals surface area contributed by atoms with Gasteiger partial charge in [0.2, 0.25) is 0 Å². The second-order valence-electron chi connectivity index (χ2n) is 7.94. The number of nitrogens with zero attached hydrogens (tertiary/aromatic N) is 1. The molecule has 8 heteroatoms. The first-order chi connectivity index (χ1) is 18.0. The molecule has 0 saturated carbocycles. The first-order valence-corrected chi connectivity index (χ1v) is 11.7. The number of rotatable bonds is 10. The van der Waals surface area contributed by atoms with Crippen LogP contribution in [0.1, 0.15) is 27.0 Å². The summed E-state index contributed by atoms with van der Waals surface area (Å²) in [6.07, 6.45) is 1.44. The number of hydrazone groups is 1. The van der Waals surface area contributed by atoms with Gasteiger partial charge in [0.25, 0.3) is 5.91 Å². The van der Waals surface area contributed by atoms with E-state index in [2.05, 4.69) is 10.5 Å². The predicted octanol–water partition coefficient (Wildman–Crippen LogP) is 6.41. The predicted molar refractivity (Wildman–Crippen MR) is 141 cm³/mol. The Labute approximate surface area is 219 Å². The van der Waals surface area contributed by atoms with Crippen LogP contribution in [0.4, 0.5) is 4.39 Å². The molecule has 37 heavy (non-hydrogen) atoms. The van der Waals surface area contributed by atoms with E-state index in [9.17, 15) is 9.18 Å². The van der Waals surface area contributed by atoms with Crippen molar-refractivity contribution in [2.24, 2.45) is 5.10 Å². The number of ether oxygens (including phenoxy) is 3. The van der Waals surface area contributed by atoms with E-state index in [0.717, 1.165) is 11.1 Å². The molecule has 0 unspecified atom stereocenters. The largest absolute Gasteiger partial charge is 0.493 e. The van der Waals surface area contributed by atoms with Crippen molar-refractivity contribution in [3.63, 3.8) is 0 Å². The molecule has 6 nitrogen and oxygen atoms in total. The number of hydrogen-bond acceptors (Lipinski definition) is 5. The molecule has 0 spiro atoms. The number of amides is 1. The third kappa shape index (κ3) is 7.32. The molecule has 0 radical (unpaired) electrons. The minimum absolute atomic E-state index is 0.230. The minimum Gasteiger partial charge on any atom is -0.493 e. The van der Waals surface area contributed by atoms with Gasteiger partial charge >= 0.3 is 0 Å². The lowest BCUT2D eigenvalue weighted by Crippen LogP contribution is -2.17. The molecule has 0 atom stereocenters. The summed E-state index contributed by atoms with van der Waals surface area (Å²) >= 11 is 6.13. The topological polar surface area (TPSA) is 69.2 Å². The molecule has 4 aromatic carbocycles. The van der Waals surface area contributed by atoms with Crippen LogP contribution in [0.3, 0.4) is 0 Å². The Morgan fingerprint density at radius 3 is 2.27 bits per heavy atom. The van der Waals surface area contributed by atoms with Crippen LogP contribution in [-0.2, 0) is 13.2 Å². The van der Waals surface area contributed by atoms with Crippen LogP contribution in [0.5, 0.6) is 17.2 Å². The van der Waals surface area contributed by atoms with Crippen LogP contribution in [0.15, 0.2) is 96.1 Å². The molecule has 0 heterocycles. The molecule has 0 saturated heterocycles. The van der Waals surface area contributed by atoms with Gasteiger partial charge in [0.05, 0.1) is 13.3 Å². The van der Waals surface area contributed by atoms with E-state index in [1.807, 2.05) is 30.3 Å². The van der Waals surface area contributed by atoms with Crippen LogP contribution in [-0.4, -0.2) is 19.2 Å². The van der Waals surface area contributed by atoms with E-state index in [0.29, 0.717) is 40.0 Å². The standard InChI is InChI=1S/C29H24ClFN2O4/c1-35-28-16-22(9-13-27(28)37-18-20-5-3-2-4-6-20)29(34)33-32-17-23-15-24(30)10-14-26(23)36-19-21-7-11-25(31)12-8-21/h2-17H,18-19H2,1H3,(H,33,34)/b32-17+. The van der Waals surface area contributed by atoms with Crippen molar-refractivity contribution >= 4 is 23.7 Å². The number of carbonyl (C=O) groups is 1. The summed E-state index contributed by atoms with van der Waals surface area (Å²) in [7, 11) is 1.51. The van der Waals surface area contributed by atoms with Crippen LogP contribution < -0.4 is 19.6 Å². The van der Waals surface area contributed by atoms with Gasteiger partial charge in [-0.3, -0.25) is 4.79 Å². The fourth-order valence-electron chi connectivity index (χ4n) is 3.38. The van der Waals surface area contributed by atoms with Gasteiger partial charge in [-0.2, -0.15) is 5.10 Å². The van der Waals surface area contributed by atoms with Gasteiger partial charge in [0.1, 0.15) is 24.8 Å². The Balaban J connectivity index is 1.39. The molecule has 4 rings (SSSR count). The zero-order valence-corrected chi connectivity index (χ0v) is 20.7. The van der Waals surface area contributed by atoms with Gasteiger partial charge in [-0.15, -0.1) is 0 Å². The normalized spacial score (nSPS) is 10.8.